The van der Waals surface area contributed by atoms with Gasteiger partial charge in [-0.1, -0.05) is 0 Å². The number of benzene rings is 2. The fraction of sp³-hybridized carbons (Fsp3) is 0.143. The zero-order valence-corrected chi connectivity index (χ0v) is 16.0. The zero-order valence-electron chi connectivity index (χ0n) is 16.0. The molecule has 29 heavy (non-hydrogen) atoms. The van der Waals surface area contributed by atoms with Crippen LogP contribution >= 0.6 is 0 Å². The fourth-order valence-corrected chi connectivity index (χ4v) is 2.45. The molecule has 2 N–H and O–H groups in total. The first-order valence-electron chi connectivity index (χ1n) is 8.90. The molecule has 3 aromatic rings. The van der Waals surface area contributed by atoms with Gasteiger partial charge < -0.3 is 20.1 Å². The van der Waals surface area contributed by atoms with Crippen LogP contribution in [-0.4, -0.2) is 35.6 Å². The topological polar surface area (TPSA) is 102 Å². The molecule has 0 bridgehead atoms. The molecule has 0 atom stereocenters. The number of nitrogens with zero attached hydrogens (tertiary/aromatic N) is 2. The maximum atomic E-state index is 12.3. The molecule has 0 radical (unpaired) electrons. The molecule has 2 aromatic carbocycles. The number of carbonyl (C=O) groups is 2. The number of carbonyl (C=O) groups excluding carboxylic acids is 2. The highest BCUT2D eigenvalue weighted by Crippen LogP contribution is 2.18. The molecule has 0 unspecified atom stereocenters. The van der Waals surface area contributed by atoms with Crippen LogP contribution in [0.1, 0.15) is 27.6 Å². The molecule has 3 rings (SSSR count). The Labute approximate surface area is 167 Å². The number of rotatable bonds is 7. The van der Waals surface area contributed by atoms with Crippen molar-refractivity contribution in [3.8, 4) is 5.75 Å². The molecule has 1 amide bonds. The molecule has 0 aliphatic carbocycles. The molecule has 0 spiro atoms. The number of hydrogen-bond donors (Lipinski definition) is 2. The van der Waals surface area contributed by atoms with Crippen LogP contribution in [0.2, 0.25) is 0 Å². The van der Waals surface area contributed by atoms with E-state index in [-0.39, 0.29) is 5.91 Å². The van der Waals surface area contributed by atoms with Crippen molar-refractivity contribution in [1.82, 2.24) is 9.97 Å². The average Bonchev–Trinajstić information content (AvgIpc) is 2.76. The standard InChI is InChI=1S/C21H20N4O4/c1-3-29-18-10-8-17(9-11-18)25-21-22-12-15(13-23-21)19(26)24-16-6-4-14(5-7-16)20(27)28-2/h4-13H,3H2,1-2H3,(H,24,26)(H,22,23,25). The van der Waals surface area contributed by atoms with Crippen molar-refractivity contribution in [1.29, 1.82) is 0 Å². The highest BCUT2D eigenvalue weighted by Gasteiger charge is 2.09. The minimum atomic E-state index is -0.438. The molecule has 8 nitrogen and oxygen atoms in total. The summed E-state index contributed by atoms with van der Waals surface area (Å²) < 4.78 is 10.0. The number of nitrogens with one attached hydrogen (secondary N) is 2. The minimum Gasteiger partial charge on any atom is -0.494 e. The van der Waals surface area contributed by atoms with Crippen molar-refractivity contribution in [2.45, 2.75) is 6.92 Å². The van der Waals surface area contributed by atoms with E-state index in [1.54, 1.807) is 24.3 Å². The van der Waals surface area contributed by atoms with Crippen molar-refractivity contribution >= 4 is 29.2 Å². The Morgan fingerprint density at radius 1 is 0.897 bits per heavy atom. The fourth-order valence-electron chi connectivity index (χ4n) is 2.45. The number of anilines is 3. The van der Waals surface area contributed by atoms with Gasteiger partial charge in [0, 0.05) is 23.8 Å². The second-order valence-corrected chi connectivity index (χ2v) is 5.90. The number of aromatic nitrogens is 2. The van der Waals surface area contributed by atoms with Crippen molar-refractivity contribution < 1.29 is 19.1 Å². The Bertz CT molecular complexity index is 971. The third-order valence-electron chi connectivity index (χ3n) is 3.90. The molecule has 0 saturated heterocycles. The normalized spacial score (nSPS) is 10.1. The summed E-state index contributed by atoms with van der Waals surface area (Å²) in [5.74, 6) is 0.356. The number of ether oxygens (including phenoxy) is 2. The summed E-state index contributed by atoms with van der Waals surface area (Å²) in [5.41, 5.74) is 2.05. The highest BCUT2D eigenvalue weighted by atomic mass is 16.5. The van der Waals surface area contributed by atoms with E-state index in [1.165, 1.54) is 19.5 Å². The van der Waals surface area contributed by atoms with E-state index < -0.39 is 5.97 Å². The third-order valence-corrected chi connectivity index (χ3v) is 3.90. The van der Waals surface area contributed by atoms with Crippen molar-refractivity contribution in [3.63, 3.8) is 0 Å². The monoisotopic (exact) mass is 392 g/mol. The first kappa shape index (κ1) is 19.8. The van der Waals surface area contributed by atoms with Gasteiger partial charge in [0.25, 0.3) is 5.91 Å². The van der Waals surface area contributed by atoms with Crippen LogP contribution in [0.25, 0.3) is 0 Å². The van der Waals surface area contributed by atoms with Crippen molar-refractivity contribution in [2.24, 2.45) is 0 Å². The van der Waals surface area contributed by atoms with Crippen LogP contribution in [0.15, 0.2) is 60.9 Å². The van der Waals surface area contributed by atoms with Crippen LogP contribution in [0.5, 0.6) is 5.75 Å². The third kappa shape index (κ3) is 5.29. The highest BCUT2D eigenvalue weighted by molar-refractivity contribution is 6.04. The Kier molecular flexibility index (Phi) is 6.36. The van der Waals surface area contributed by atoms with E-state index in [9.17, 15) is 9.59 Å². The molecule has 0 aliphatic heterocycles. The van der Waals surface area contributed by atoms with Gasteiger partial charge in [-0.15, -0.1) is 0 Å². The minimum absolute atomic E-state index is 0.305. The van der Waals surface area contributed by atoms with Crippen LogP contribution in [0.4, 0.5) is 17.3 Å². The number of methoxy groups -OCH3 is 1. The summed E-state index contributed by atoms with van der Waals surface area (Å²) >= 11 is 0. The molecule has 1 aromatic heterocycles. The maximum absolute atomic E-state index is 12.3. The Hall–Kier alpha value is -3.94. The lowest BCUT2D eigenvalue weighted by Crippen LogP contribution is -2.13. The van der Waals surface area contributed by atoms with Crippen LogP contribution in [0.3, 0.4) is 0 Å². The first-order valence-corrected chi connectivity index (χ1v) is 8.90. The quantitative estimate of drug-likeness (QED) is 0.592. The van der Waals surface area contributed by atoms with Gasteiger partial charge in [0.15, 0.2) is 0 Å². The maximum Gasteiger partial charge on any atom is 0.337 e. The number of esters is 1. The Morgan fingerprint density at radius 2 is 1.52 bits per heavy atom. The van der Waals surface area contributed by atoms with Crippen LogP contribution < -0.4 is 15.4 Å². The molecule has 0 aliphatic rings. The van der Waals surface area contributed by atoms with Gasteiger partial charge >= 0.3 is 5.97 Å². The van der Waals surface area contributed by atoms with E-state index in [0.29, 0.717) is 29.4 Å². The number of amides is 1. The smallest absolute Gasteiger partial charge is 0.337 e. The van der Waals surface area contributed by atoms with Gasteiger partial charge in [-0.2, -0.15) is 0 Å². The molecule has 8 heteroatoms. The van der Waals surface area contributed by atoms with Crippen molar-refractivity contribution in [2.75, 3.05) is 24.4 Å². The van der Waals surface area contributed by atoms with Gasteiger partial charge in [-0.3, -0.25) is 4.79 Å². The molecular formula is C21H20N4O4. The van der Waals surface area contributed by atoms with E-state index >= 15 is 0 Å². The summed E-state index contributed by atoms with van der Waals surface area (Å²) in [6.07, 6.45) is 2.87. The first-order chi connectivity index (χ1) is 14.1. The Morgan fingerprint density at radius 3 is 2.10 bits per heavy atom. The summed E-state index contributed by atoms with van der Waals surface area (Å²) in [6, 6.07) is 13.8. The second-order valence-electron chi connectivity index (χ2n) is 5.90. The summed E-state index contributed by atoms with van der Waals surface area (Å²) in [4.78, 5) is 32.1. The van der Waals surface area contributed by atoms with Gasteiger partial charge in [0.2, 0.25) is 5.95 Å². The molecule has 1 heterocycles. The molecule has 0 fully saturated rings. The van der Waals surface area contributed by atoms with Crippen LogP contribution in [0, 0.1) is 0 Å². The predicted octanol–water partition coefficient (Wildman–Crippen LogP) is 3.66. The Balaban J connectivity index is 1.60. The molecular weight excluding hydrogens is 372 g/mol. The predicted molar refractivity (Wildman–Crippen MR) is 109 cm³/mol. The lowest BCUT2D eigenvalue weighted by Gasteiger charge is -2.08. The van der Waals surface area contributed by atoms with Crippen LogP contribution in [-0.2, 0) is 4.74 Å². The van der Waals surface area contributed by atoms with Gasteiger partial charge in [0.05, 0.1) is 24.8 Å². The van der Waals surface area contributed by atoms with E-state index in [1.807, 2.05) is 31.2 Å². The average molecular weight is 392 g/mol. The lowest BCUT2D eigenvalue weighted by molar-refractivity contribution is 0.0600. The van der Waals surface area contributed by atoms with Gasteiger partial charge in [-0.25, -0.2) is 14.8 Å². The van der Waals surface area contributed by atoms with E-state index in [4.69, 9.17) is 4.74 Å². The largest absolute Gasteiger partial charge is 0.494 e. The lowest BCUT2D eigenvalue weighted by atomic mass is 10.2. The zero-order chi connectivity index (χ0) is 20.6. The molecule has 0 saturated carbocycles. The van der Waals surface area contributed by atoms with E-state index in [0.717, 1.165) is 11.4 Å². The van der Waals surface area contributed by atoms with Crippen molar-refractivity contribution in [3.05, 3.63) is 72.1 Å². The van der Waals surface area contributed by atoms with E-state index in [2.05, 4.69) is 25.3 Å². The second kappa shape index (κ2) is 9.32. The number of hydrogen-bond acceptors (Lipinski definition) is 7. The summed E-state index contributed by atoms with van der Waals surface area (Å²) in [5, 5.41) is 5.78. The summed E-state index contributed by atoms with van der Waals surface area (Å²) in [6.45, 7) is 2.53. The van der Waals surface area contributed by atoms with Gasteiger partial charge in [0.1, 0.15) is 5.75 Å². The summed E-state index contributed by atoms with van der Waals surface area (Å²) in [7, 11) is 1.31. The van der Waals surface area contributed by atoms with Gasteiger partial charge in [-0.05, 0) is 55.5 Å². The molecule has 148 valence electrons. The SMILES string of the molecule is CCOc1ccc(Nc2ncc(C(=O)Nc3ccc(C(=O)OC)cc3)cn2)cc1.